The number of anilines is 1. The molecule has 0 saturated carbocycles. The van der Waals surface area contributed by atoms with Crippen LogP contribution in [0.15, 0.2) is 48.5 Å². The number of hydrogen-bond acceptors (Lipinski definition) is 3. The number of nitrogens with one attached hydrogen (secondary N) is 1. The van der Waals surface area contributed by atoms with Gasteiger partial charge in [-0.1, -0.05) is 36.4 Å². The predicted molar refractivity (Wildman–Crippen MR) is 96.9 cm³/mol. The van der Waals surface area contributed by atoms with Gasteiger partial charge in [-0.05, 0) is 36.6 Å². The molecule has 0 aromatic heterocycles. The summed E-state index contributed by atoms with van der Waals surface area (Å²) in [6.07, 6.45) is 1.88. The molecule has 0 unspecified atom stereocenters. The Bertz CT molecular complexity index is 817. The summed E-state index contributed by atoms with van der Waals surface area (Å²) in [5.74, 6) is -0.202. The lowest BCUT2D eigenvalue weighted by molar-refractivity contribution is 0.0953. The molecule has 0 spiro atoms. The van der Waals surface area contributed by atoms with Crippen LogP contribution in [0.4, 0.5) is 5.69 Å². The van der Waals surface area contributed by atoms with E-state index in [9.17, 15) is 13.2 Å². The van der Waals surface area contributed by atoms with Crippen molar-refractivity contribution in [1.82, 2.24) is 5.32 Å². The molecule has 0 bridgehead atoms. The maximum absolute atomic E-state index is 12.4. The second-order valence-electron chi connectivity index (χ2n) is 5.67. The molecular weight excluding hydrogens is 324 g/mol. The summed E-state index contributed by atoms with van der Waals surface area (Å²) < 4.78 is 24.6. The average Bonchev–Trinajstić information content (AvgIpc) is 2.54. The molecule has 0 aliphatic heterocycles. The maximum Gasteiger partial charge on any atom is 0.251 e. The third-order valence-electron chi connectivity index (χ3n) is 3.93. The van der Waals surface area contributed by atoms with E-state index in [1.165, 1.54) is 11.4 Å². The summed E-state index contributed by atoms with van der Waals surface area (Å²) in [4.78, 5) is 12.4. The Labute approximate surface area is 143 Å². The molecule has 2 rings (SSSR count). The van der Waals surface area contributed by atoms with Crippen molar-refractivity contribution in [1.29, 1.82) is 0 Å². The fourth-order valence-electron chi connectivity index (χ4n) is 2.45. The van der Waals surface area contributed by atoms with Crippen LogP contribution in [0.3, 0.4) is 0 Å². The van der Waals surface area contributed by atoms with Crippen LogP contribution >= 0.6 is 0 Å². The van der Waals surface area contributed by atoms with Crippen molar-refractivity contribution in [3.8, 4) is 0 Å². The molecule has 0 atom stereocenters. The molecule has 2 aromatic carbocycles. The Morgan fingerprint density at radius 1 is 1.08 bits per heavy atom. The molecule has 0 radical (unpaired) electrons. The zero-order valence-electron chi connectivity index (χ0n) is 14.1. The topological polar surface area (TPSA) is 66.5 Å². The fourth-order valence-corrected chi connectivity index (χ4v) is 3.00. The summed E-state index contributed by atoms with van der Waals surface area (Å²) in [7, 11) is -1.89. The van der Waals surface area contributed by atoms with E-state index in [-0.39, 0.29) is 5.91 Å². The Kier molecular flexibility index (Phi) is 5.62. The van der Waals surface area contributed by atoms with Crippen LogP contribution < -0.4 is 9.62 Å². The number of rotatable bonds is 6. The van der Waals surface area contributed by atoms with Crippen LogP contribution in [0.25, 0.3) is 0 Å². The summed E-state index contributed by atoms with van der Waals surface area (Å²) >= 11 is 0. The monoisotopic (exact) mass is 346 g/mol. The summed E-state index contributed by atoms with van der Waals surface area (Å²) in [5.41, 5.74) is 2.78. The molecule has 0 aliphatic rings. The molecule has 1 N–H and O–H groups in total. The summed E-state index contributed by atoms with van der Waals surface area (Å²) in [6, 6.07) is 15.0. The molecule has 6 heteroatoms. The van der Waals surface area contributed by atoms with Gasteiger partial charge in [0.25, 0.3) is 5.91 Å². The molecular formula is C18H22N2O3S. The lowest BCUT2D eigenvalue weighted by Crippen LogP contribution is -2.29. The quantitative estimate of drug-likeness (QED) is 0.873. The van der Waals surface area contributed by atoms with Crippen LogP contribution in [0.5, 0.6) is 0 Å². The maximum atomic E-state index is 12.4. The minimum absolute atomic E-state index is 0.202. The summed E-state index contributed by atoms with van der Waals surface area (Å²) in [6.45, 7) is 2.28. The summed E-state index contributed by atoms with van der Waals surface area (Å²) in [5, 5.41) is 2.89. The Morgan fingerprint density at radius 3 is 2.38 bits per heavy atom. The largest absolute Gasteiger partial charge is 0.352 e. The van der Waals surface area contributed by atoms with Crippen LogP contribution in [-0.2, 0) is 16.4 Å². The van der Waals surface area contributed by atoms with Gasteiger partial charge in [0.1, 0.15) is 0 Å². The third kappa shape index (κ3) is 4.35. The Hall–Kier alpha value is -2.34. The second kappa shape index (κ2) is 7.49. The van der Waals surface area contributed by atoms with E-state index in [0.717, 1.165) is 18.2 Å². The first-order chi connectivity index (χ1) is 11.3. The van der Waals surface area contributed by atoms with Gasteiger partial charge in [0.15, 0.2) is 0 Å². The first kappa shape index (κ1) is 18.0. The highest BCUT2D eigenvalue weighted by molar-refractivity contribution is 7.92. The highest BCUT2D eigenvalue weighted by Gasteiger charge is 2.18. The highest BCUT2D eigenvalue weighted by Crippen LogP contribution is 2.24. The van der Waals surface area contributed by atoms with Crippen molar-refractivity contribution in [2.75, 3.05) is 24.2 Å². The van der Waals surface area contributed by atoms with Gasteiger partial charge in [-0.2, -0.15) is 0 Å². The zero-order valence-corrected chi connectivity index (χ0v) is 14.9. The van der Waals surface area contributed by atoms with Crippen LogP contribution in [-0.4, -0.2) is 34.2 Å². The van der Waals surface area contributed by atoms with E-state index < -0.39 is 10.0 Å². The van der Waals surface area contributed by atoms with Crippen LogP contribution in [0.2, 0.25) is 0 Å². The van der Waals surface area contributed by atoms with E-state index in [1.54, 1.807) is 25.1 Å². The van der Waals surface area contributed by atoms with E-state index in [4.69, 9.17) is 0 Å². The van der Waals surface area contributed by atoms with Gasteiger partial charge < -0.3 is 5.32 Å². The minimum atomic E-state index is -3.37. The van der Waals surface area contributed by atoms with Gasteiger partial charge in [-0.3, -0.25) is 9.10 Å². The molecule has 0 aliphatic carbocycles. The van der Waals surface area contributed by atoms with Gasteiger partial charge in [-0.25, -0.2) is 8.42 Å². The number of hydrogen-bond donors (Lipinski definition) is 1. The molecule has 1 amide bonds. The molecule has 128 valence electrons. The van der Waals surface area contributed by atoms with Gasteiger partial charge in [-0.15, -0.1) is 0 Å². The molecule has 2 aromatic rings. The number of carbonyl (C=O) groups excluding carboxylic acids is 1. The van der Waals surface area contributed by atoms with Gasteiger partial charge in [0.05, 0.1) is 11.9 Å². The second-order valence-corrected chi connectivity index (χ2v) is 7.69. The Morgan fingerprint density at radius 2 is 1.75 bits per heavy atom. The molecule has 24 heavy (non-hydrogen) atoms. The van der Waals surface area contributed by atoms with Gasteiger partial charge >= 0.3 is 0 Å². The van der Waals surface area contributed by atoms with Crippen molar-refractivity contribution in [3.63, 3.8) is 0 Å². The molecule has 0 heterocycles. The van der Waals surface area contributed by atoms with Crippen molar-refractivity contribution < 1.29 is 13.2 Å². The average molecular weight is 346 g/mol. The molecule has 5 nitrogen and oxygen atoms in total. The minimum Gasteiger partial charge on any atom is -0.352 e. The standard InChI is InChI=1S/C18H22N2O3S/c1-14-16(10-7-11-17(14)20(2)24(3,22)23)18(21)19-13-12-15-8-5-4-6-9-15/h4-11H,12-13H2,1-3H3,(H,19,21). The highest BCUT2D eigenvalue weighted by atomic mass is 32.2. The van der Waals surface area contributed by atoms with Crippen molar-refractivity contribution >= 4 is 21.6 Å². The first-order valence-corrected chi connectivity index (χ1v) is 9.51. The van der Waals surface area contributed by atoms with Crippen molar-refractivity contribution in [2.24, 2.45) is 0 Å². The normalized spacial score (nSPS) is 11.1. The first-order valence-electron chi connectivity index (χ1n) is 7.66. The van der Waals surface area contributed by atoms with Gasteiger partial charge in [0, 0.05) is 19.2 Å². The van der Waals surface area contributed by atoms with Crippen LogP contribution in [0.1, 0.15) is 21.5 Å². The van der Waals surface area contributed by atoms with E-state index in [1.807, 2.05) is 30.3 Å². The number of benzene rings is 2. The van der Waals surface area contributed by atoms with E-state index in [0.29, 0.717) is 23.4 Å². The lowest BCUT2D eigenvalue weighted by Gasteiger charge is -2.20. The van der Waals surface area contributed by atoms with E-state index in [2.05, 4.69) is 5.32 Å². The third-order valence-corrected chi connectivity index (χ3v) is 5.12. The van der Waals surface area contributed by atoms with Crippen molar-refractivity contribution in [2.45, 2.75) is 13.3 Å². The smallest absolute Gasteiger partial charge is 0.251 e. The van der Waals surface area contributed by atoms with Crippen molar-refractivity contribution in [3.05, 3.63) is 65.2 Å². The molecule has 0 saturated heterocycles. The van der Waals surface area contributed by atoms with Crippen LogP contribution in [0, 0.1) is 6.92 Å². The number of carbonyl (C=O) groups is 1. The Balaban J connectivity index is 2.10. The SMILES string of the molecule is Cc1c(C(=O)NCCc2ccccc2)cccc1N(C)S(C)(=O)=O. The predicted octanol–water partition coefficient (Wildman–Crippen LogP) is 2.36. The lowest BCUT2D eigenvalue weighted by atomic mass is 10.1. The number of nitrogens with zero attached hydrogens (tertiary/aromatic N) is 1. The number of sulfonamides is 1. The number of amides is 1. The fraction of sp³-hybridized carbons (Fsp3) is 0.278. The zero-order chi connectivity index (χ0) is 17.7. The molecule has 0 fully saturated rings. The van der Waals surface area contributed by atoms with Gasteiger partial charge in [0.2, 0.25) is 10.0 Å². The van der Waals surface area contributed by atoms with E-state index >= 15 is 0 Å².